The van der Waals surface area contributed by atoms with Crippen molar-refractivity contribution in [3.05, 3.63) is 29.3 Å². The molecule has 0 heterocycles. The predicted molar refractivity (Wildman–Crippen MR) is 76.4 cm³/mol. The maximum Gasteiger partial charge on any atom is 0.238 e. The van der Waals surface area contributed by atoms with Gasteiger partial charge >= 0.3 is 0 Å². The number of hydrogen-bond acceptors (Lipinski definition) is 3. The second-order valence-electron chi connectivity index (χ2n) is 4.81. The number of amides is 1. The molecule has 1 fully saturated rings. The molecule has 2 N–H and O–H groups in total. The van der Waals surface area contributed by atoms with Gasteiger partial charge in [-0.15, -0.1) is 0 Å². The highest BCUT2D eigenvalue weighted by molar-refractivity contribution is 6.33. The number of nitrogens with one attached hydrogen (secondary N) is 1. The smallest absolute Gasteiger partial charge is 0.238 e. The summed E-state index contributed by atoms with van der Waals surface area (Å²) in [7, 11) is 0. The Morgan fingerprint density at radius 2 is 2.16 bits per heavy atom. The van der Waals surface area contributed by atoms with E-state index in [0.29, 0.717) is 29.8 Å². The fraction of sp³-hybridized carbons (Fsp3) is 0.500. The maximum absolute atomic E-state index is 12.0. The number of aliphatic hydroxyl groups is 1. The number of halogens is 1. The Kier molecular flexibility index (Phi) is 5.19. The van der Waals surface area contributed by atoms with Crippen LogP contribution in [0.2, 0.25) is 5.02 Å². The fourth-order valence-electron chi connectivity index (χ4n) is 2.21. The van der Waals surface area contributed by atoms with Crippen LogP contribution in [0, 0.1) is 0 Å². The quantitative estimate of drug-likeness (QED) is 0.840. The average Bonchev–Trinajstić information content (AvgIpc) is 2.30. The first-order valence-corrected chi connectivity index (χ1v) is 6.98. The number of aliphatic hydroxyl groups excluding tert-OH is 1. The molecule has 5 heteroatoms. The lowest BCUT2D eigenvalue weighted by Crippen LogP contribution is -2.45. The van der Waals surface area contributed by atoms with Crippen molar-refractivity contribution in [3.63, 3.8) is 0 Å². The van der Waals surface area contributed by atoms with Crippen molar-refractivity contribution < 1.29 is 9.90 Å². The van der Waals surface area contributed by atoms with Crippen LogP contribution < -0.4 is 5.32 Å². The highest BCUT2D eigenvalue weighted by Crippen LogP contribution is 2.25. The molecule has 4 nitrogen and oxygen atoms in total. The van der Waals surface area contributed by atoms with Crippen molar-refractivity contribution in [1.29, 1.82) is 0 Å². The largest absolute Gasteiger partial charge is 0.395 e. The van der Waals surface area contributed by atoms with Crippen molar-refractivity contribution >= 4 is 23.2 Å². The van der Waals surface area contributed by atoms with E-state index in [1.165, 1.54) is 6.42 Å². The first-order valence-electron chi connectivity index (χ1n) is 6.60. The summed E-state index contributed by atoms with van der Waals surface area (Å²) in [5.41, 5.74) is 0.631. The summed E-state index contributed by atoms with van der Waals surface area (Å²) < 4.78 is 0. The van der Waals surface area contributed by atoms with Gasteiger partial charge in [0.2, 0.25) is 5.91 Å². The van der Waals surface area contributed by atoms with Gasteiger partial charge in [0.1, 0.15) is 0 Å². The van der Waals surface area contributed by atoms with Gasteiger partial charge in [0.15, 0.2) is 0 Å². The van der Waals surface area contributed by atoms with Crippen LogP contribution in [0.1, 0.15) is 19.3 Å². The van der Waals surface area contributed by atoms with E-state index in [4.69, 9.17) is 16.7 Å². The summed E-state index contributed by atoms with van der Waals surface area (Å²) >= 11 is 6.00. The number of para-hydroxylation sites is 1. The summed E-state index contributed by atoms with van der Waals surface area (Å²) in [6.07, 6.45) is 3.43. The van der Waals surface area contributed by atoms with Gasteiger partial charge in [0, 0.05) is 12.6 Å². The second kappa shape index (κ2) is 6.89. The fourth-order valence-corrected chi connectivity index (χ4v) is 2.39. The van der Waals surface area contributed by atoms with Crippen molar-refractivity contribution in [2.24, 2.45) is 0 Å². The zero-order valence-electron chi connectivity index (χ0n) is 10.8. The van der Waals surface area contributed by atoms with E-state index in [2.05, 4.69) is 5.32 Å². The van der Waals surface area contributed by atoms with Crippen LogP contribution in [0.5, 0.6) is 0 Å². The van der Waals surface area contributed by atoms with Gasteiger partial charge in [-0.25, -0.2) is 0 Å². The lowest BCUT2D eigenvalue weighted by molar-refractivity contribution is -0.118. The van der Waals surface area contributed by atoms with Gasteiger partial charge < -0.3 is 10.4 Å². The monoisotopic (exact) mass is 282 g/mol. The minimum Gasteiger partial charge on any atom is -0.395 e. The van der Waals surface area contributed by atoms with Crippen molar-refractivity contribution in [3.8, 4) is 0 Å². The van der Waals surface area contributed by atoms with Crippen LogP contribution in [0.15, 0.2) is 24.3 Å². The van der Waals surface area contributed by atoms with Gasteiger partial charge in [-0.2, -0.15) is 0 Å². The minimum atomic E-state index is -0.0894. The number of nitrogens with zero attached hydrogens (tertiary/aromatic N) is 1. The van der Waals surface area contributed by atoms with Gasteiger partial charge in [-0.05, 0) is 25.0 Å². The van der Waals surface area contributed by atoms with Crippen molar-refractivity contribution in [2.75, 3.05) is 25.0 Å². The third-order valence-corrected chi connectivity index (χ3v) is 3.80. The Hall–Kier alpha value is -1.10. The molecule has 1 aromatic rings. The molecule has 0 saturated heterocycles. The van der Waals surface area contributed by atoms with E-state index >= 15 is 0 Å². The van der Waals surface area contributed by atoms with Crippen LogP contribution in [-0.4, -0.2) is 41.7 Å². The number of anilines is 1. The average molecular weight is 283 g/mol. The lowest BCUT2D eigenvalue weighted by Gasteiger charge is -2.36. The van der Waals surface area contributed by atoms with Gasteiger partial charge in [-0.1, -0.05) is 30.2 Å². The Balaban J connectivity index is 1.90. The molecule has 0 bridgehead atoms. The summed E-state index contributed by atoms with van der Waals surface area (Å²) in [5.74, 6) is -0.0894. The predicted octanol–water partition coefficient (Wildman–Crippen LogP) is 2.13. The van der Waals surface area contributed by atoms with Gasteiger partial charge in [0.05, 0.1) is 23.9 Å². The Bertz CT molecular complexity index is 435. The highest BCUT2D eigenvalue weighted by atomic mass is 35.5. The molecule has 19 heavy (non-hydrogen) atoms. The van der Waals surface area contributed by atoms with E-state index in [-0.39, 0.29) is 12.5 Å². The van der Waals surface area contributed by atoms with Crippen LogP contribution >= 0.6 is 11.6 Å². The van der Waals surface area contributed by atoms with Crippen LogP contribution in [-0.2, 0) is 4.79 Å². The molecule has 104 valence electrons. The zero-order chi connectivity index (χ0) is 13.7. The standard InChI is InChI=1S/C14H19ClN2O2/c15-12-6-1-2-7-13(12)16-14(19)10-17(8-9-18)11-4-3-5-11/h1-2,6-7,11,18H,3-5,8-10H2,(H,16,19). The molecular formula is C14H19ClN2O2. The number of benzene rings is 1. The normalized spacial score (nSPS) is 15.3. The number of carbonyl (C=O) groups excluding carboxylic acids is 1. The van der Waals surface area contributed by atoms with Crippen molar-refractivity contribution in [2.45, 2.75) is 25.3 Å². The Morgan fingerprint density at radius 1 is 1.42 bits per heavy atom. The molecule has 0 spiro atoms. The maximum atomic E-state index is 12.0. The Morgan fingerprint density at radius 3 is 2.74 bits per heavy atom. The van der Waals surface area contributed by atoms with Crippen LogP contribution in [0.25, 0.3) is 0 Å². The van der Waals surface area contributed by atoms with E-state index in [1.807, 2.05) is 17.0 Å². The summed E-state index contributed by atoms with van der Waals surface area (Å²) in [6.45, 7) is 0.924. The summed E-state index contributed by atoms with van der Waals surface area (Å²) in [5, 5.41) is 12.4. The number of carbonyl (C=O) groups is 1. The lowest BCUT2D eigenvalue weighted by atomic mass is 9.91. The first kappa shape index (κ1) is 14.3. The molecule has 1 saturated carbocycles. The molecule has 1 aromatic carbocycles. The molecule has 2 rings (SSSR count). The zero-order valence-corrected chi connectivity index (χ0v) is 11.6. The molecular weight excluding hydrogens is 264 g/mol. The van der Waals surface area contributed by atoms with Gasteiger partial charge in [0.25, 0.3) is 0 Å². The summed E-state index contributed by atoms with van der Waals surface area (Å²) in [4.78, 5) is 14.0. The van der Waals surface area contributed by atoms with E-state index < -0.39 is 0 Å². The molecule has 0 radical (unpaired) electrons. The highest BCUT2D eigenvalue weighted by Gasteiger charge is 2.26. The van der Waals surface area contributed by atoms with Crippen molar-refractivity contribution in [1.82, 2.24) is 4.90 Å². The van der Waals surface area contributed by atoms with Crippen LogP contribution in [0.4, 0.5) is 5.69 Å². The Labute approximate surface area is 118 Å². The molecule has 0 atom stereocenters. The molecule has 0 aromatic heterocycles. The van der Waals surface area contributed by atoms with E-state index in [1.54, 1.807) is 12.1 Å². The summed E-state index contributed by atoms with van der Waals surface area (Å²) in [6, 6.07) is 7.61. The molecule has 1 amide bonds. The third kappa shape index (κ3) is 3.93. The second-order valence-corrected chi connectivity index (χ2v) is 5.21. The van der Waals surface area contributed by atoms with Gasteiger partial charge in [-0.3, -0.25) is 9.69 Å². The van der Waals surface area contributed by atoms with Crippen LogP contribution in [0.3, 0.4) is 0 Å². The molecule has 0 aliphatic heterocycles. The van der Waals surface area contributed by atoms with E-state index in [9.17, 15) is 4.79 Å². The topological polar surface area (TPSA) is 52.6 Å². The van der Waals surface area contributed by atoms with E-state index in [0.717, 1.165) is 12.8 Å². The SMILES string of the molecule is O=C(CN(CCO)C1CCC1)Nc1ccccc1Cl. The first-order chi connectivity index (χ1) is 9.20. The number of rotatable bonds is 6. The minimum absolute atomic E-state index is 0.0792. The number of hydrogen-bond donors (Lipinski definition) is 2. The third-order valence-electron chi connectivity index (χ3n) is 3.47. The molecule has 1 aliphatic rings. The molecule has 1 aliphatic carbocycles. The molecule has 0 unspecified atom stereocenters.